The number of hydrogen-bond donors (Lipinski definition) is 1. The summed E-state index contributed by atoms with van der Waals surface area (Å²) in [5.41, 5.74) is 1.15. The van der Waals surface area contributed by atoms with Crippen LogP contribution in [-0.4, -0.2) is 51.4 Å². The van der Waals surface area contributed by atoms with E-state index in [2.05, 4.69) is 0 Å². The number of β-lactam (4-membered cyclic amide) rings is 1. The maximum atomic E-state index is 12.5. The predicted molar refractivity (Wildman–Crippen MR) is 97.6 cm³/mol. The zero-order valence-electron chi connectivity index (χ0n) is 14.7. The Kier molecular flexibility index (Phi) is 5.65. The van der Waals surface area contributed by atoms with Gasteiger partial charge in [-0.1, -0.05) is 30.3 Å². The molecule has 1 fully saturated rings. The summed E-state index contributed by atoms with van der Waals surface area (Å²) in [5.74, 6) is -2.34. The highest BCUT2D eigenvalue weighted by Gasteiger charge is 2.53. The number of ketones is 1. The number of benzene rings is 1. The number of carbonyl (C=O) groups excluding carboxylic acids is 3. The molecule has 1 saturated heterocycles. The molecule has 0 unspecified atom stereocenters. The Hall–Kier alpha value is -2.61. The van der Waals surface area contributed by atoms with E-state index in [1.165, 1.54) is 23.6 Å². The van der Waals surface area contributed by atoms with Crippen LogP contribution in [0.2, 0.25) is 0 Å². The van der Waals surface area contributed by atoms with Crippen LogP contribution in [0, 0.1) is 5.92 Å². The number of aliphatic carboxylic acids is 1. The first kappa shape index (κ1) is 19.2. The van der Waals surface area contributed by atoms with Crippen LogP contribution in [0.4, 0.5) is 0 Å². The minimum absolute atomic E-state index is 0.0497. The standard InChI is InChI=1S/C19H19NO6S/c1-11(21)26-9-13-10-27-18-15(17(23)20(18)16(13)19(24)25)8-14(22)7-12-5-3-2-4-6-12/h2-6,15,18H,7-10H2,1H3,(H,24,25)/t15-,18-/m1/s1. The summed E-state index contributed by atoms with van der Waals surface area (Å²) >= 11 is 1.39. The molecule has 2 aliphatic rings. The Balaban J connectivity index is 1.68. The summed E-state index contributed by atoms with van der Waals surface area (Å²) in [5, 5.41) is 9.14. The zero-order valence-corrected chi connectivity index (χ0v) is 15.5. The molecule has 0 radical (unpaired) electrons. The second kappa shape index (κ2) is 7.96. The number of fused-ring (bicyclic) bond motifs is 1. The largest absolute Gasteiger partial charge is 0.477 e. The first-order chi connectivity index (χ1) is 12.9. The molecule has 1 aromatic rings. The lowest BCUT2D eigenvalue weighted by Crippen LogP contribution is -2.62. The monoisotopic (exact) mass is 389 g/mol. The molecule has 2 aliphatic heterocycles. The van der Waals surface area contributed by atoms with Gasteiger partial charge in [0, 0.05) is 31.1 Å². The molecule has 0 aromatic heterocycles. The van der Waals surface area contributed by atoms with Crippen molar-refractivity contribution >= 4 is 35.4 Å². The van der Waals surface area contributed by atoms with Crippen molar-refractivity contribution < 1.29 is 29.0 Å². The Labute approximate surface area is 160 Å². The molecule has 2 atom stereocenters. The van der Waals surface area contributed by atoms with Gasteiger partial charge >= 0.3 is 11.9 Å². The zero-order chi connectivity index (χ0) is 19.6. The third-order valence-electron chi connectivity index (χ3n) is 4.50. The Morgan fingerprint density at radius 1 is 1.26 bits per heavy atom. The van der Waals surface area contributed by atoms with Crippen molar-refractivity contribution in [2.24, 2.45) is 5.92 Å². The molecule has 1 aromatic carbocycles. The molecule has 0 bridgehead atoms. The van der Waals surface area contributed by atoms with Crippen LogP contribution in [0.15, 0.2) is 41.6 Å². The summed E-state index contributed by atoms with van der Waals surface area (Å²) in [4.78, 5) is 48.7. The van der Waals surface area contributed by atoms with Gasteiger partial charge in [-0.3, -0.25) is 19.3 Å². The highest BCUT2D eigenvalue weighted by molar-refractivity contribution is 8.00. The fraction of sp³-hybridized carbons (Fsp3) is 0.368. The van der Waals surface area contributed by atoms with Crippen molar-refractivity contribution in [2.75, 3.05) is 12.4 Å². The van der Waals surface area contributed by atoms with E-state index in [1.54, 1.807) is 0 Å². The van der Waals surface area contributed by atoms with Crippen molar-refractivity contribution in [2.45, 2.75) is 25.1 Å². The lowest BCUT2D eigenvalue weighted by Gasteiger charge is -2.49. The average molecular weight is 389 g/mol. The minimum Gasteiger partial charge on any atom is -0.477 e. The fourth-order valence-corrected chi connectivity index (χ4v) is 4.65. The van der Waals surface area contributed by atoms with Gasteiger partial charge in [0.1, 0.15) is 18.1 Å². The number of ether oxygens (including phenoxy) is 1. The highest BCUT2D eigenvalue weighted by atomic mass is 32.2. The van der Waals surface area contributed by atoms with E-state index in [0.717, 1.165) is 5.56 Å². The number of thioether (sulfide) groups is 1. The normalized spacial score (nSPS) is 21.4. The summed E-state index contributed by atoms with van der Waals surface area (Å²) < 4.78 is 4.90. The van der Waals surface area contributed by atoms with Crippen molar-refractivity contribution in [3.8, 4) is 0 Å². The maximum absolute atomic E-state index is 12.5. The number of nitrogens with zero attached hydrogens (tertiary/aromatic N) is 1. The van der Waals surface area contributed by atoms with Gasteiger partial charge in [-0.05, 0) is 5.56 Å². The molecule has 27 heavy (non-hydrogen) atoms. The van der Waals surface area contributed by atoms with Gasteiger partial charge in [-0.15, -0.1) is 11.8 Å². The lowest BCUT2D eigenvalue weighted by molar-refractivity contribution is -0.154. The molecule has 0 spiro atoms. The van der Waals surface area contributed by atoms with Gasteiger partial charge < -0.3 is 9.84 Å². The van der Waals surface area contributed by atoms with Crippen LogP contribution < -0.4 is 0 Å². The molecule has 142 valence electrons. The van der Waals surface area contributed by atoms with E-state index in [4.69, 9.17) is 4.74 Å². The van der Waals surface area contributed by atoms with Crippen molar-refractivity contribution in [3.05, 3.63) is 47.2 Å². The molecule has 0 aliphatic carbocycles. The van der Waals surface area contributed by atoms with Crippen LogP contribution in [0.5, 0.6) is 0 Å². The van der Waals surface area contributed by atoms with E-state index in [1.807, 2.05) is 30.3 Å². The van der Waals surface area contributed by atoms with Gasteiger partial charge in [0.15, 0.2) is 0 Å². The number of carboxylic acids is 1. The summed E-state index contributed by atoms with van der Waals surface area (Å²) in [6.45, 7) is 1.08. The third kappa shape index (κ3) is 4.05. The average Bonchev–Trinajstić information content (AvgIpc) is 2.64. The first-order valence-corrected chi connectivity index (χ1v) is 9.52. The third-order valence-corrected chi connectivity index (χ3v) is 5.90. The second-order valence-corrected chi connectivity index (χ2v) is 7.56. The number of esters is 1. The topological polar surface area (TPSA) is 101 Å². The summed E-state index contributed by atoms with van der Waals surface area (Å²) in [6.07, 6.45) is 0.343. The summed E-state index contributed by atoms with van der Waals surface area (Å²) in [7, 11) is 0. The van der Waals surface area contributed by atoms with Crippen molar-refractivity contribution in [3.63, 3.8) is 0 Å². The van der Waals surface area contributed by atoms with Crippen LogP contribution in [0.25, 0.3) is 0 Å². The van der Waals surface area contributed by atoms with Crippen molar-refractivity contribution in [1.82, 2.24) is 4.90 Å². The Morgan fingerprint density at radius 2 is 1.96 bits per heavy atom. The van der Waals surface area contributed by atoms with Gasteiger partial charge in [0.25, 0.3) is 0 Å². The van der Waals surface area contributed by atoms with E-state index in [0.29, 0.717) is 11.3 Å². The Morgan fingerprint density at radius 3 is 2.59 bits per heavy atom. The SMILES string of the molecule is CC(=O)OCC1=C(C(=O)O)N2C(=O)[C@@H](CC(=O)Cc3ccccc3)[C@H]2SC1. The van der Waals surface area contributed by atoms with Crippen LogP contribution >= 0.6 is 11.8 Å². The van der Waals surface area contributed by atoms with Gasteiger partial charge in [0.2, 0.25) is 5.91 Å². The van der Waals surface area contributed by atoms with E-state index >= 15 is 0 Å². The number of rotatable bonds is 7. The number of hydrogen-bond acceptors (Lipinski definition) is 6. The molecule has 7 nitrogen and oxygen atoms in total. The van der Waals surface area contributed by atoms with E-state index in [-0.39, 0.29) is 42.2 Å². The maximum Gasteiger partial charge on any atom is 0.352 e. The molecule has 8 heteroatoms. The van der Waals surface area contributed by atoms with Crippen molar-refractivity contribution in [1.29, 1.82) is 0 Å². The quantitative estimate of drug-likeness (QED) is 0.559. The van der Waals surface area contributed by atoms with Crippen LogP contribution in [0.3, 0.4) is 0 Å². The number of carbonyl (C=O) groups is 4. The first-order valence-electron chi connectivity index (χ1n) is 8.47. The molecule has 0 saturated carbocycles. The van der Waals surface area contributed by atoms with Gasteiger partial charge in [-0.25, -0.2) is 4.79 Å². The van der Waals surface area contributed by atoms with Gasteiger partial charge in [-0.2, -0.15) is 0 Å². The summed E-state index contributed by atoms with van der Waals surface area (Å²) in [6, 6.07) is 9.28. The van der Waals surface area contributed by atoms with E-state index in [9.17, 15) is 24.3 Å². The predicted octanol–water partition coefficient (Wildman–Crippen LogP) is 1.62. The Bertz CT molecular complexity index is 819. The molecular weight excluding hydrogens is 370 g/mol. The lowest BCUT2D eigenvalue weighted by atomic mass is 9.89. The molecule has 3 rings (SSSR count). The number of Topliss-reactive ketones (excluding diaryl/α,β-unsaturated/α-hetero) is 1. The molecule has 2 heterocycles. The molecule has 1 amide bonds. The van der Waals surface area contributed by atoms with E-state index < -0.39 is 17.9 Å². The number of amides is 1. The molecular formula is C19H19NO6S. The van der Waals surface area contributed by atoms with Gasteiger partial charge in [0.05, 0.1) is 11.3 Å². The number of carboxylic acid groups (broad SMARTS) is 1. The smallest absolute Gasteiger partial charge is 0.352 e. The highest BCUT2D eigenvalue weighted by Crippen LogP contribution is 2.45. The fourth-order valence-electron chi connectivity index (χ4n) is 3.26. The van der Waals surface area contributed by atoms with Crippen LogP contribution in [0.1, 0.15) is 18.9 Å². The minimum atomic E-state index is -1.23. The van der Waals surface area contributed by atoms with Crippen LogP contribution in [-0.2, 0) is 30.3 Å². The molecule has 1 N–H and O–H groups in total. The second-order valence-electron chi connectivity index (χ2n) is 6.46.